The van der Waals surface area contributed by atoms with Crippen molar-refractivity contribution in [3.8, 4) is 28.7 Å². The second-order valence-corrected chi connectivity index (χ2v) is 13.3. The maximum absolute atomic E-state index is 15.5. The highest BCUT2D eigenvalue weighted by Crippen LogP contribution is 2.38. The minimum absolute atomic E-state index is 0.00276. The molecule has 1 amide bonds. The lowest BCUT2D eigenvalue weighted by Crippen LogP contribution is -2.31. The van der Waals surface area contributed by atoms with Gasteiger partial charge in [0.05, 0.1) is 40.9 Å². The molecule has 1 N–H and O–H groups in total. The van der Waals surface area contributed by atoms with Crippen molar-refractivity contribution in [1.82, 2.24) is 19.4 Å². The average Bonchev–Trinajstić information content (AvgIpc) is 3.17. The molecule has 3 aromatic carbocycles. The van der Waals surface area contributed by atoms with E-state index in [2.05, 4.69) is 20.2 Å². The molecule has 0 saturated carbocycles. The topological polar surface area (TPSA) is 108 Å². The summed E-state index contributed by atoms with van der Waals surface area (Å²) >= 11 is 6.26. The first-order valence-electron chi connectivity index (χ1n) is 17.5. The van der Waals surface area contributed by atoms with Crippen molar-refractivity contribution < 1.29 is 36.6 Å². The lowest BCUT2D eigenvalue weighted by Gasteiger charge is -2.26. The summed E-state index contributed by atoms with van der Waals surface area (Å²) < 4.78 is 74.4. The number of benzene rings is 3. The predicted octanol–water partition coefficient (Wildman–Crippen LogP) is 9.05. The van der Waals surface area contributed by atoms with Crippen LogP contribution in [0.5, 0.6) is 23.0 Å². The summed E-state index contributed by atoms with van der Waals surface area (Å²) in [7, 11) is 1.53. The number of nitrogens with one attached hydrogen (secondary N) is 1. The van der Waals surface area contributed by atoms with Gasteiger partial charge in [0.1, 0.15) is 17.0 Å². The van der Waals surface area contributed by atoms with Gasteiger partial charge in [-0.1, -0.05) is 18.0 Å². The fraction of sp³-hybridized carbons (Fsp3) is 0.250. The Balaban J connectivity index is 1.10. The van der Waals surface area contributed by atoms with E-state index in [0.29, 0.717) is 34.8 Å². The molecule has 1 aliphatic heterocycles. The number of alkyl halides is 3. The lowest BCUT2D eigenvalue weighted by atomic mass is 10.1. The number of carbonyl (C=O) groups excluding carboxylic acids is 1. The summed E-state index contributed by atoms with van der Waals surface area (Å²) in [6.07, 6.45) is 4.00. The predicted molar refractivity (Wildman–Crippen MR) is 200 cm³/mol. The highest BCUT2D eigenvalue weighted by Gasteiger charge is 2.31. The highest BCUT2D eigenvalue weighted by molar-refractivity contribution is 6.32. The molecule has 1 fully saturated rings. The van der Waals surface area contributed by atoms with E-state index in [1.807, 2.05) is 0 Å². The molecule has 0 unspecified atom stereocenters. The number of fused-ring (bicyclic) bond motifs is 2. The Bertz CT molecular complexity index is 2450. The SMILES string of the molecule is COc1cc2c(Oc3ccc(NC(=O)c4cn(-c5ccc(C(F)(F)F)cc5Cl)c5ncccc5c4=O)cc3F)ccnc2cc1OCCCN1CCCCC1. The normalized spacial score (nSPS) is 13.6. The number of likely N-dealkylation sites (tertiary alicyclic amines) is 1. The van der Waals surface area contributed by atoms with E-state index in [-0.39, 0.29) is 38.7 Å². The zero-order valence-corrected chi connectivity index (χ0v) is 30.2. The van der Waals surface area contributed by atoms with Gasteiger partial charge in [0.2, 0.25) is 5.43 Å². The van der Waals surface area contributed by atoms with Crippen LogP contribution in [-0.2, 0) is 6.18 Å². The van der Waals surface area contributed by atoms with Gasteiger partial charge in [-0.25, -0.2) is 9.37 Å². The molecule has 0 spiro atoms. The van der Waals surface area contributed by atoms with Crippen molar-refractivity contribution in [3.63, 3.8) is 0 Å². The van der Waals surface area contributed by atoms with Gasteiger partial charge in [-0.15, -0.1) is 0 Å². The molecule has 4 heterocycles. The van der Waals surface area contributed by atoms with Crippen molar-refractivity contribution >= 4 is 45.1 Å². The van der Waals surface area contributed by atoms with E-state index in [9.17, 15) is 22.8 Å². The molecule has 0 aliphatic carbocycles. The van der Waals surface area contributed by atoms with Gasteiger partial charge < -0.3 is 24.4 Å². The number of carbonyl (C=O) groups is 1. The average molecular weight is 776 g/mol. The molecule has 0 bridgehead atoms. The second kappa shape index (κ2) is 15.9. The number of halogens is 5. The summed E-state index contributed by atoms with van der Waals surface area (Å²) in [5, 5.41) is 2.78. The standard InChI is InChI=1S/C40H34ClF4N5O5/c1-53-35-21-27-31(22-36(35)54-18-6-17-49-15-3-2-4-16-49)46-14-12-33(27)55-34-11-9-25(20-30(34)42)48-39(52)28-23-50(38-26(37(28)51)7-5-13-47-38)32-10-8-24(19-29(32)41)40(43,44)45/h5,7-14,19-23H,2-4,6,15-18H2,1H3,(H,48,52). The summed E-state index contributed by atoms with van der Waals surface area (Å²) in [6.45, 7) is 3.69. The van der Waals surface area contributed by atoms with Crippen LogP contribution in [0.25, 0.3) is 27.6 Å². The smallest absolute Gasteiger partial charge is 0.416 e. The maximum atomic E-state index is 15.5. The molecular weight excluding hydrogens is 742 g/mol. The fourth-order valence-electron chi connectivity index (χ4n) is 6.51. The van der Waals surface area contributed by atoms with Gasteiger partial charge in [0.25, 0.3) is 5.91 Å². The number of pyridine rings is 3. The molecule has 3 aromatic heterocycles. The number of amides is 1. The molecule has 284 valence electrons. The minimum atomic E-state index is -4.64. The number of nitrogens with zero attached hydrogens (tertiary/aromatic N) is 4. The Morgan fingerprint density at radius 3 is 2.47 bits per heavy atom. The first kappa shape index (κ1) is 37.6. The van der Waals surface area contributed by atoms with Crippen LogP contribution >= 0.6 is 11.6 Å². The fourth-order valence-corrected chi connectivity index (χ4v) is 6.78. The van der Waals surface area contributed by atoms with Crippen LogP contribution < -0.4 is 25.0 Å². The van der Waals surface area contributed by atoms with Crippen LogP contribution in [0.3, 0.4) is 0 Å². The number of piperidine rings is 1. The molecule has 0 radical (unpaired) electrons. The van der Waals surface area contributed by atoms with Crippen LogP contribution in [0.15, 0.2) is 90.1 Å². The number of rotatable bonds is 11. The number of hydrogen-bond donors (Lipinski definition) is 1. The van der Waals surface area contributed by atoms with Gasteiger partial charge in [-0.05, 0) is 86.9 Å². The Kier molecular flexibility index (Phi) is 10.9. The summed E-state index contributed by atoms with van der Waals surface area (Å²) in [6, 6.07) is 14.4. The van der Waals surface area contributed by atoms with Gasteiger partial charge in [-0.3, -0.25) is 19.1 Å². The number of anilines is 1. The van der Waals surface area contributed by atoms with Crippen molar-refractivity contribution in [1.29, 1.82) is 0 Å². The van der Waals surface area contributed by atoms with E-state index >= 15 is 4.39 Å². The molecular formula is C40H34ClF4N5O5. The van der Waals surface area contributed by atoms with Gasteiger partial charge >= 0.3 is 6.18 Å². The first-order chi connectivity index (χ1) is 26.5. The zero-order valence-electron chi connectivity index (χ0n) is 29.5. The maximum Gasteiger partial charge on any atom is 0.416 e. The number of aromatic nitrogens is 3. The van der Waals surface area contributed by atoms with Crippen LogP contribution in [0.4, 0.5) is 23.2 Å². The van der Waals surface area contributed by atoms with Crippen molar-refractivity contribution in [3.05, 3.63) is 118 Å². The quantitative estimate of drug-likeness (QED) is 0.103. The number of methoxy groups -OCH3 is 1. The Morgan fingerprint density at radius 1 is 0.909 bits per heavy atom. The molecule has 7 rings (SSSR count). The Hall–Kier alpha value is -5.73. The van der Waals surface area contributed by atoms with Gasteiger partial charge in [-0.2, -0.15) is 13.2 Å². The van der Waals surface area contributed by atoms with E-state index in [0.717, 1.165) is 56.5 Å². The summed E-state index contributed by atoms with van der Waals surface area (Å²) in [5.74, 6) is -0.591. The molecule has 6 aromatic rings. The lowest BCUT2D eigenvalue weighted by molar-refractivity contribution is -0.137. The minimum Gasteiger partial charge on any atom is -0.493 e. The second-order valence-electron chi connectivity index (χ2n) is 12.9. The molecule has 55 heavy (non-hydrogen) atoms. The van der Waals surface area contributed by atoms with Crippen LogP contribution in [0, 0.1) is 5.82 Å². The number of ether oxygens (including phenoxy) is 3. The van der Waals surface area contributed by atoms with Crippen molar-refractivity contribution in [2.45, 2.75) is 31.9 Å². The van der Waals surface area contributed by atoms with Gasteiger partial charge in [0.15, 0.2) is 23.1 Å². The summed E-state index contributed by atoms with van der Waals surface area (Å²) in [5.41, 5.74) is -1.41. The number of hydrogen-bond acceptors (Lipinski definition) is 8. The largest absolute Gasteiger partial charge is 0.493 e. The third-order valence-corrected chi connectivity index (χ3v) is 9.57. The van der Waals surface area contributed by atoms with Crippen molar-refractivity contribution in [2.24, 2.45) is 0 Å². The van der Waals surface area contributed by atoms with Crippen LogP contribution in [0.2, 0.25) is 5.02 Å². The molecule has 10 nitrogen and oxygen atoms in total. The molecule has 1 aliphatic rings. The van der Waals surface area contributed by atoms with E-state index in [4.69, 9.17) is 25.8 Å². The summed E-state index contributed by atoms with van der Waals surface area (Å²) in [4.78, 5) is 38.0. The highest BCUT2D eigenvalue weighted by atomic mass is 35.5. The third-order valence-electron chi connectivity index (χ3n) is 9.26. The Labute approximate surface area is 317 Å². The molecule has 15 heteroatoms. The van der Waals surface area contributed by atoms with Crippen LogP contribution in [-0.4, -0.2) is 58.7 Å². The van der Waals surface area contributed by atoms with Crippen LogP contribution in [0.1, 0.15) is 41.6 Å². The zero-order chi connectivity index (χ0) is 38.7. The van der Waals surface area contributed by atoms with E-state index < -0.39 is 28.9 Å². The first-order valence-corrected chi connectivity index (χ1v) is 17.9. The monoisotopic (exact) mass is 775 g/mol. The van der Waals surface area contributed by atoms with Gasteiger partial charge in [0, 0.05) is 48.3 Å². The Morgan fingerprint density at radius 2 is 1.73 bits per heavy atom. The van der Waals surface area contributed by atoms with E-state index in [1.54, 1.807) is 18.2 Å². The van der Waals surface area contributed by atoms with Crippen molar-refractivity contribution in [2.75, 3.05) is 38.7 Å². The molecule has 1 saturated heterocycles. The molecule has 0 atom stereocenters. The third kappa shape index (κ3) is 8.20. The van der Waals surface area contributed by atoms with E-state index in [1.165, 1.54) is 67.6 Å².